The Morgan fingerprint density at radius 2 is 1.43 bits per heavy atom. The van der Waals surface area contributed by atoms with Gasteiger partial charge in [-0.15, -0.1) is 0 Å². The lowest BCUT2D eigenvalue weighted by atomic mass is 9.79. The van der Waals surface area contributed by atoms with Crippen molar-refractivity contribution in [3.05, 3.63) is 108 Å². The molecule has 0 amide bonds. The number of methoxy groups -OCH3 is 2. The van der Waals surface area contributed by atoms with Crippen molar-refractivity contribution < 1.29 is 23.3 Å². The second-order valence-electron chi connectivity index (χ2n) is 14.0. The molecule has 0 spiro atoms. The first kappa shape index (κ1) is 42.2. The molecule has 5 aromatic rings. The number of benzene rings is 3. The van der Waals surface area contributed by atoms with Crippen molar-refractivity contribution in [3.8, 4) is 17.6 Å². The lowest BCUT2D eigenvalue weighted by molar-refractivity contribution is -0.0918. The summed E-state index contributed by atoms with van der Waals surface area (Å²) in [6, 6.07) is 28.4. The van der Waals surface area contributed by atoms with Crippen molar-refractivity contribution in [1.82, 2.24) is 29.1 Å². The number of fused-ring (bicyclic) bond motifs is 1. The molecule has 0 saturated heterocycles. The number of aliphatic imine (C=N–C) groups is 1. The predicted octanol–water partition coefficient (Wildman–Crippen LogP) is 8.12. The Labute approximate surface area is 331 Å². The average molecular weight is 781 g/mol. The molecule has 0 aliphatic rings. The molecular weight excluding hydrogens is 727 g/mol. The standard InChI is InChI=1S/C42H53N8O5P/c1-30(2)50(31(3)4)56(53-25-13-24-43)55-38(26-49-29-46-39-40(47-28-48(6)7)44-27-45-41(39)49)32(5)54-42(33-14-11-10-12-15-33,34-16-20-36(51-8)21-17-34)35-18-22-37(52-9)23-19-35/h10-12,14-23,27-32,38H,13,25-26H2,1-9H3/b47-28+/t32-,38-,56?/m0/s1. The Bertz CT molecular complexity index is 1980. The molecule has 14 heteroatoms. The Morgan fingerprint density at radius 1 is 0.839 bits per heavy atom. The van der Waals surface area contributed by atoms with E-state index in [-0.39, 0.29) is 25.1 Å². The fourth-order valence-corrected chi connectivity index (χ4v) is 8.30. The van der Waals surface area contributed by atoms with E-state index in [9.17, 15) is 5.26 Å². The summed E-state index contributed by atoms with van der Waals surface area (Å²) in [5, 5.41) is 9.44. The number of nitriles is 1. The normalized spacial score (nSPS) is 13.7. The predicted molar refractivity (Wildman–Crippen MR) is 220 cm³/mol. The summed E-state index contributed by atoms with van der Waals surface area (Å²) in [7, 11) is 5.42. The van der Waals surface area contributed by atoms with Crippen LogP contribution < -0.4 is 9.47 Å². The molecule has 0 bridgehead atoms. The highest BCUT2D eigenvalue weighted by atomic mass is 31.2. The molecule has 0 aliphatic heterocycles. The van der Waals surface area contributed by atoms with Crippen molar-refractivity contribution in [2.24, 2.45) is 4.99 Å². The number of ether oxygens (including phenoxy) is 3. The molecule has 0 saturated carbocycles. The molecule has 3 aromatic carbocycles. The minimum absolute atomic E-state index is 0.0843. The summed E-state index contributed by atoms with van der Waals surface area (Å²) in [5.74, 6) is 1.91. The lowest BCUT2D eigenvalue weighted by Gasteiger charge is -2.42. The van der Waals surface area contributed by atoms with E-state index in [1.165, 1.54) is 6.33 Å². The van der Waals surface area contributed by atoms with E-state index in [4.69, 9.17) is 28.2 Å². The third-order valence-corrected chi connectivity index (χ3v) is 11.3. The van der Waals surface area contributed by atoms with Gasteiger partial charge in [-0.2, -0.15) is 5.26 Å². The minimum Gasteiger partial charge on any atom is -0.497 e. The highest BCUT2D eigenvalue weighted by molar-refractivity contribution is 7.44. The van der Waals surface area contributed by atoms with E-state index in [1.807, 2.05) is 97.2 Å². The first-order chi connectivity index (χ1) is 27.0. The van der Waals surface area contributed by atoms with E-state index in [1.54, 1.807) is 26.9 Å². The number of aromatic nitrogens is 4. The number of rotatable bonds is 20. The number of imidazole rings is 1. The van der Waals surface area contributed by atoms with Crippen LogP contribution in [0.15, 0.2) is 96.5 Å². The van der Waals surface area contributed by atoms with Crippen molar-refractivity contribution in [1.29, 1.82) is 5.26 Å². The second kappa shape index (κ2) is 19.8. The Balaban J connectivity index is 1.68. The van der Waals surface area contributed by atoms with Crippen LogP contribution in [0.1, 0.15) is 57.7 Å². The fourth-order valence-electron chi connectivity index (χ4n) is 6.52. The van der Waals surface area contributed by atoms with Gasteiger partial charge in [0.05, 0.1) is 58.6 Å². The Kier molecular flexibility index (Phi) is 14.9. The summed E-state index contributed by atoms with van der Waals surface area (Å²) >= 11 is 0. The molecule has 56 heavy (non-hydrogen) atoms. The van der Waals surface area contributed by atoms with Crippen LogP contribution >= 0.6 is 8.53 Å². The fraction of sp³-hybridized carbons (Fsp3) is 0.405. The van der Waals surface area contributed by atoms with Crippen LogP contribution in [-0.2, 0) is 25.9 Å². The van der Waals surface area contributed by atoms with Crippen molar-refractivity contribution >= 4 is 31.8 Å². The molecule has 1 unspecified atom stereocenters. The van der Waals surface area contributed by atoms with Gasteiger partial charge in [0.1, 0.15) is 29.5 Å². The highest BCUT2D eigenvalue weighted by Gasteiger charge is 2.42. The molecule has 296 valence electrons. The minimum atomic E-state index is -1.67. The van der Waals surface area contributed by atoms with Gasteiger partial charge in [-0.05, 0) is 75.6 Å². The van der Waals surface area contributed by atoms with E-state index >= 15 is 0 Å². The van der Waals surface area contributed by atoms with E-state index in [0.29, 0.717) is 23.5 Å². The van der Waals surface area contributed by atoms with Crippen molar-refractivity contribution in [2.45, 2.75) is 77.5 Å². The second-order valence-corrected chi connectivity index (χ2v) is 15.4. The number of hydrogen-bond donors (Lipinski definition) is 0. The first-order valence-electron chi connectivity index (χ1n) is 18.7. The van der Waals surface area contributed by atoms with Gasteiger partial charge in [-0.1, -0.05) is 54.6 Å². The molecule has 5 rings (SSSR count). The SMILES string of the molecule is COc1ccc(C(O[C@@H](C)[C@H](Cn2cnc3c(/N=C/N(C)C)ncnc32)OP(OCCC#N)N(C(C)C)C(C)C)(c2ccccc2)c2ccc(OC)cc2)cc1. The van der Waals surface area contributed by atoms with Crippen LogP contribution in [0, 0.1) is 11.3 Å². The Morgan fingerprint density at radius 3 is 1.96 bits per heavy atom. The lowest BCUT2D eigenvalue weighted by Crippen LogP contribution is -2.43. The van der Waals surface area contributed by atoms with Gasteiger partial charge in [0.25, 0.3) is 8.53 Å². The van der Waals surface area contributed by atoms with Crippen LogP contribution in [0.2, 0.25) is 0 Å². The number of hydrogen-bond acceptors (Lipinski definition) is 11. The molecule has 13 nitrogen and oxygen atoms in total. The maximum Gasteiger partial charge on any atom is 0.259 e. The zero-order valence-electron chi connectivity index (χ0n) is 33.7. The van der Waals surface area contributed by atoms with Gasteiger partial charge < -0.3 is 32.7 Å². The smallest absolute Gasteiger partial charge is 0.259 e. The molecule has 0 radical (unpaired) electrons. The van der Waals surface area contributed by atoms with Crippen LogP contribution in [0.4, 0.5) is 5.82 Å². The summed E-state index contributed by atoms with van der Waals surface area (Å²) in [5.41, 5.74) is 2.75. The number of nitrogens with zero attached hydrogens (tertiary/aromatic N) is 8. The monoisotopic (exact) mass is 780 g/mol. The van der Waals surface area contributed by atoms with Crippen LogP contribution in [-0.4, -0.2) is 94.6 Å². The third kappa shape index (κ3) is 9.88. The van der Waals surface area contributed by atoms with Crippen LogP contribution in [0.5, 0.6) is 11.5 Å². The zero-order valence-corrected chi connectivity index (χ0v) is 34.6. The van der Waals surface area contributed by atoms with E-state index in [0.717, 1.165) is 28.2 Å². The highest BCUT2D eigenvalue weighted by Crippen LogP contribution is 2.49. The molecule has 0 fully saturated rings. The summed E-state index contributed by atoms with van der Waals surface area (Å²) in [6.45, 7) is 11.0. The first-order valence-corrected chi connectivity index (χ1v) is 19.8. The van der Waals surface area contributed by atoms with Gasteiger partial charge in [-0.25, -0.2) is 24.6 Å². The molecule has 2 aromatic heterocycles. The third-order valence-electron chi connectivity index (χ3n) is 9.12. The van der Waals surface area contributed by atoms with Gasteiger partial charge in [0, 0.05) is 26.2 Å². The van der Waals surface area contributed by atoms with Crippen molar-refractivity contribution in [2.75, 3.05) is 34.9 Å². The summed E-state index contributed by atoms with van der Waals surface area (Å²) in [6.07, 6.45) is 3.93. The molecule has 0 N–H and O–H groups in total. The molecular formula is C42H53N8O5P. The maximum absolute atomic E-state index is 9.44. The van der Waals surface area contributed by atoms with Gasteiger partial charge >= 0.3 is 0 Å². The van der Waals surface area contributed by atoms with Gasteiger partial charge in [0.15, 0.2) is 17.0 Å². The quantitative estimate of drug-likeness (QED) is 0.0249. The van der Waals surface area contributed by atoms with E-state index < -0.39 is 26.3 Å². The van der Waals surface area contributed by atoms with Gasteiger partial charge in [-0.3, -0.25) is 0 Å². The van der Waals surface area contributed by atoms with E-state index in [2.05, 4.69) is 65.5 Å². The Hall–Kier alpha value is -4.96. The average Bonchev–Trinajstić information content (AvgIpc) is 3.62. The van der Waals surface area contributed by atoms with Crippen molar-refractivity contribution in [3.63, 3.8) is 0 Å². The molecule has 0 aliphatic carbocycles. The zero-order chi connectivity index (χ0) is 40.2. The summed E-state index contributed by atoms with van der Waals surface area (Å²) < 4.78 is 36.5. The van der Waals surface area contributed by atoms with Gasteiger partial charge in [0.2, 0.25) is 0 Å². The maximum atomic E-state index is 9.44. The molecule has 3 atom stereocenters. The molecule has 2 heterocycles. The largest absolute Gasteiger partial charge is 0.497 e. The van der Waals surface area contributed by atoms with Crippen LogP contribution in [0.25, 0.3) is 11.2 Å². The summed E-state index contributed by atoms with van der Waals surface area (Å²) in [4.78, 5) is 20.1. The topological polar surface area (TPSA) is 132 Å². The van der Waals surface area contributed by atoms with Crippen LogP contribution in [0.3, 0.4) is 0 Å².